The number of amides is 1. The number of carbonyl (C=O) groups excluding carboxylic acids is 2. The lowest BCUT2D eigenvalue weighted by atomic mass is 10.2. The molecule has 0 radical (unpaired) electrons. The fourth-order valence-corrected chi connectivity index (χ4v) is 2.46. The van der Waals surface area contributed by atoms with Crippen molar-refractivity contribution in [2.75, 3.05) is 12.4 Å². The topological polar surface area (TPSA) is 94.8 Å². The third-order valence-electron chi connectivity index (χ3n) is 3.88. The zero-order valence-electron chi connectivity index (χ0n) is 14.7. The number of benzene rings is 2. The second kappa shape index (κ2) is 7.74. The van der Waals surface area contributed by atoms with Crippen molar-refractivity contribution in [3.8, 4) is 5.75 Å². The van der Waals surface area contributed by atoms with Gasteiger partial charge in [-0.1, -0.05) is 30.3 Å². The van der Waals surface area contributed by atoms with Crippen molar-refractivity contribution in [3.05, 3.63) is 70.6 Å². The van der Waals surface area contributed by atoms with Gasteiger partial charge in [-0.15, -0.1) is 0 Å². The summed E-state index contributed by atoms with van der Waals surface area (Å²) < 4.78 is 15.4. The molecule has 1 N–H and O–H groups in total. The van der Waals surface area contributed by atoms with Crippen molar-refractivity contribution < 1.29 is 23.5 Å². The van der Waals surface area contributed by atoms with Crippen LogP contribution in [0.25, 0.3) is 11.0 Å². The van der Waals surface area contributed by atoms with E-state index in [9.17, 15) is 14.4 Å². The molecule has 0 unspecified atom stereocenters. The number of nitrogens with one attached hydrogen (secondary N) is 1. The third kappa shape index (κ3) is 3.98. The largest absolute Gasteiger partial charge is 0.495 e. The van der Waals surface area contributed by atoms with Gasteiger partial charge in [-0.2, -0.15) is 0 Å². The van der Waals surface area contributed by atoms with Gasteiger partial charge in [0.2, 0.25) is 0 Å². The van der Waals surface area contributed by atoms with Crippen molar-refractivity contribution in [2.45, 2.75) is 13.0 Å². The van der Waals surface area contributed by atoms with Crippen LogP contribution < -0.4 is 15.7 Å². The molecule has 1 aromatic heterocycles. The highest BCUT2D eigenvalue weighted by atomic mass is 16.5. The molecule has 0 saturated carbocycles. The van der Waals surface area contributed by atoms with E-state index in [0.717, 1.165) is 0 Å². The van der Waals surface area contributed by atoms with E-state index in [0.29, 0.717) is 22.4 Å². The molecule has 0 aliphatic carbocycles. The van der Waals surface area contributed by atoms with Gasteiger partial charge in [0.05, 0.1) is 12.8 Å². The van der Waals surface area contributed by atoms with E-state index in [1.165, 1.54) is 20.1 Å². The highest BCUT2D eigenvalue weighted by molar-refractivity contribution is 5.98. The van der Waals surface area contributed by atoms with E-state index in [-0.39, 0.29) is 5.56 Å². The van der Waals surface area contributed by atoms with E-state index in [1.54, 1.807) is 48.5 Å². The highest BCUT2D eigenvalue weighted by Gasteiger charge is 2.22. The quantitative estimate of drug-likeness (QED) is 0.550. The number of para-hydroxylation sites is 3. The highest BCUT2D eigenvalue weighted by Crippen LogP contribution is 2.23. The first-order chi connectivity index (χ1) is 13.0. The first-order valence-electron chi connectivity index (χ1n) is 8.17. The van der Waals surface area contributed by atoms with Crippen LogP contribution in [0.3, 0.4) is 0 Å². The summed E-state index contributed by atoms with van der Waals surface area (Å²) in [6.07, 6.45) is -1.13. The van der Waals surface area contributed by atoms with Crippen molar-refractivity contribution in [2.24, 2.45) is 0 Å². The number of hydrogen-bond acceptors (Lipinski definition) is 6. The maximum Gasteiger partial charge on any atom is 0.351 e. The van der Waals surface area contributed by atoms with Gasteiger partial charge in [0, 0.05) is 5.39 Å². The summed E-state index contributed by atoms with van der Waals surface area (Å²) in [6, 6.07) is 15.0. The van der Waals surface area contributed by atoms with Gasteiger partial charge in [0.15, 0.2) is 6.10 Å². The molecule has 1 amide bonds. The first kappa shape index (κ1) is 18.2. The molecule has 7 heteroatoms. The molecule has 138 valence electrons. The standard InChI is InChI=1S/C20H17NO6/c1-12(18(22)21-15-8-4-6-10-17(15)25-2)26-19(23)14-11-13-7-3-5-9-16(13)27-20(14)24/h3-12H,1-2H3,(H,21,22)/t12-/m0/s1. The van der Waals surface area contributed by atoms with Crippen LogP contribution in [0.4, 0.5) is 5.69 Å². The molecule has 0 fully saturated rings. The van der Waals surface area contributed by atoms with Crippen molar-refractivity contribution in [1.29, 1.82) is 0 Å². The molecule has 27 heavy (non-hydrogen) atoms. The second-order valence-electron chi connectivity index (χ2n) is 5.72. The zero-order chi connectivity index (χ0) is 19.4. The Bertz CT molecular complexity index is 1060. The molecule has 3 rings (SSSR count). The van der Waals surface area contributed by atoms with E-state index in [4.69, 9.17) is 13.9 Å². The van der Waals surface area contributed by atoms with E-state index in [2.05, 4.69) is 5.32 Å². The van der Waals surface area contributed by atoms with Crippen LogP contribution in [0.2, 0.25) is 0 Å². The van der Waals surface area contributed by atoms with E-state index < -0.39 is 23.6 Å². The summed E-state index contributed by atoms with van der Waals surface area (Å²) in [7, 11) is 1.48. The average molecular weight is 367 g/mol. The second-order valence-corrected chi connectivity index (χ2v) is 5.72. The molecule has 7 nitrogen and oxygen atoms in total. The smallest absolute Gasteiger partial charge is 0.351 e. The molecule has 0 spiro atoms. The van der Waals surface area contributed by atoms with E-state index in [1.807, 2.05) is 0 Å². The molecule has 3 aromatic rings. The number of ether oxygens (including phenoxy) is 2. The summed E-state index contributed by atoms with van der Waals surface area (Å²) in [6.45, 7) is 1.41. The summed E-state index contributed by atoms with van der Waals surface area (Å²) in [5.41, 5.74) is -0.291. The third-order valence-corrected chi connectivity index (χ3v) is 3.88. The number of carbonyl (C=O) groups is 2. The van der Waals surface area contributed by atoms with Crippen LogP contribution >= 0.6 is 0 Å². The van der Waals surface area contributed by atoms with Gasteiger partial charge in [0.25, 0.3) is 5.91 Å². The molecule has 0 aliphatic heterocycles. The number of anilines is 1. The van der Waals surface area contributed by atoms with Gasteiger partial charge < -0.3 is 19.2 Å². The summed E-state index contributed by atoms with van der Waals surface area (Å²) in [5.74, 6) is -1.02. The van der Waals surface area contributed by atoms with Crippen LogP contribution in [0.15, 0.2) is 63.8 Å². The van der Waals surface area contributed by atoms with Gasteiger partial charge in [-0.3, -0.25) is 4.79 Å². The maximum absolute atomic E-state index is 12.3. The number of fused-ring (bicyclic) bond motifs is 1. The molecule has 1 atom stereocenters. The van der Waals surface area contributed by atoms with Crippen LogP contribution in [-0.4, -0.2) is 25.1 Å². The first-order valence-corrected chi connectivity index (χ1v) is 8.17. The van der Waals surface area contributed by atoms with Gasteiger partial charge in [0.1, 0.15) is 16.9 Å². The summed E-state index contributed by atoms with van der Waals surface area (Å²) in [5, 5.41) is 3.20. The van der Waals surface area contributed by atoms with Gasteiger partial charge in [-0.05, 0) is 31.2 Å². The Balaban J connectivity index is 1.74. The molecule has 0 saturated heterocycles. The Morgan fingerprint density at radius 1 is 1.07 bits per heavy atom. The van der Waals surface area contributed by atoms with Crippen LogP contribution in [0, 0.1) is 0 Å². The number of methoxy groups -OCH3 is 1. The zero-order valence-corrected chi connectivity index (χ0v) is 14.7. The molecular formula is C20H17NO6. The number of hydrogen-bond donors (Lipinski definition) is 1. The lowest BCUT2D eigenvalue weighted by Crippen LogP contribution is -2.31. The Labute approximate surface area is 154 Å². The number of esters is 1. The summed E-state index contributed by atoms with van der Waals surface area (Å²) in [4.78, 5) is 36.6. The van der Waals surface area contributed by atoms with Gasteiger partial charge in [-0.25, -0.2) is 9.59 Å². The lowest BCUT2D eigenvalue weighted by Gasteiger charge is -2.15. The SMILES string of the molecule is COc1ccccc1NC(=O)[C@H](C)OC(=O)c1cc2ccccc2oc1=O. The normalized spacial score (nSPS) is 11.6. The molecule has 0 aliphatic rings. The van der Waals surface area contributed by atoms with Crippen molar-refractivity contribution in [3.63, 3.8) is 0 Å². The Kier molecular flexibility index (Phi) is 5.21. The predicted octanol–water partition coefficient (Wildman–Crippen LogP) is 2.99. The molecule has 1 heterocycles. The molecule has 0 bridgehead atoms. The number of rotatable bonds is 5. The summed E-state index contributed by atoms with van der Waals surface area (Å²) >= 11 is 0. The molecule has 2 aromatic carbocycles. The monoisotopic (exact) mass is 367 g/mol. The average Bonchev–Trinajstić information content (AvgIpc) is 2.67. The Morgan fingerprint density at radius 2 is 1.78 bits per heavy atom. The van der Waals surface area contributed by atoms with Crippen LogP contribution in [-0.2, 0) is 9.53 Å². The minimum atomic E-state index is -1.13. The fraction of sp³-hybridized carbons (Fsp3) is 0.150. The Morgan fingerprint density at radius 3 is 2.56 bits per heavy atom. The minimum absolute atomic E-state index is 0.273. The predicted molar refractivity (Wildman–Crippen MR) is 99.0 cm³/mol. The Hall–Kier alpha value is -3.61. The van der Waals surface area contributed by atoms with Gasteiger partial charge >= 0.3 is 11.6 Å². The maximum atomic E-state index is 12.3. The van der Waals surface area contributed by atoms with Crippen LogP contribution in [0.5, 0.6) is 5.75 Å². The van der Waals surface area contributed by atoms with Crippen molar-refractivity contribution in [1.82, 2.24) is 0 Å². The van der Waals surface area contributed by atoms with Crippen molar-refractivity contribution >= 4 is 28.5 Å². The van der Waals surface area contributed by atoms with E-state index >= 15 is 0 Å². The molecular weight excluding hydrogens is 350 g/mol. The fourth-order valence-electron chi connectivity index (χ4n) is 2.46. The lowest BCUT2D eigenvalue weighted by molar-refractivity contribution is -0.123. The van der Waals surface area contributed by atoms with Crippen LogP contribution in [0.1, 0.15) is 17.3 Å². The minimum Gasteiger partial charge on any atom is -0.495 e.